The molecule has 16 aliphatic rings. The number of halogens is 6. The zero-order chi connectivity index (χ0) is 79.3. The highest BCUT2D eigenvalue weighted by Crippen LogP contribution is 2.68. The van der Waals surface area contributed by atoms with E-state index in [1.54, 1.807) is 0 Å². The minimum Gasteiger partial charge on any atom is -0.452 e. The third-order valence-corrected chi connectivity index (χ3v) is 34.9. The van der Waals surface area contributed by atoms with Crippen LogP contribution in [0.5, 0.6) is 23.0 Å². The Hall–Kier alpha value is -7.32. The number of esters is 4. The number of carbonyl (C=O) groups excluding carboxylic acids is 4. The molecule has 12 nitrogen and oxygen atoms in total. The minimum atomic E-state index is -6.06. The molecule has 16 saturated carbocycles. The lowest BCUT2D eigenvalue weighted by Gasteiger charge is -2.60. The fraction of sp³-hybridized carbons (Fsp3) is 0.574. The summed E-state index contributed by atoms with van der Waals surface area (Å²) in [5.74, 6) is 13.7. The molecule has 0 spiro atoms. The molecule has 0 heterocycles. The fourth-order valence-electron chi connectivity index (χ4n) is 25.9. The Kier molecular flexibility index (Phi) is 23.5. The van der Waals surface area contributed by atoms with Gasteiger partial charge in [-0.3, -0.25) is 19.2 Å². The third kappa shape index (κ3) is 16.9. The summed E-state index contributed by atoms with van der Waals surface area (Å²) in [4.78, 5) is 59.5. The van der Waals surface area contributed by atoms with Crippen LogP contribution in [0.25, 0.3) is 0 Å². The predicted molar refractivity (Wildman–Crippen MR) is 421 cm³/mol. The molecule has 22 rings (SSSR count). The Morgan fingerprint density at radius 1 is 0.298 bits per heavy atom. The molecule has 16 fully saturated rings. The summed E-state index contributed by atoms with van der Waals surface area (Å²) in [6.45, 7) is 9.01. The average molecular weight is 1610 g/mol. The van der Waals surface area contributed by atoms with Gasteiger partial charge in [0.1, 0.15) is 21.8 Å². The maximum Gasteiger partial charge on any atom is 0.487 e. The third-order valence-electron chi connectivity index (χ3n) is 30.3. The molecule has 0 N–H and O–H groups in total. The van der Waals surface area contributed by atoms with E-state index < -0.39 is 34.1 Å². The Bertz CT molecular complexity index is 3830. The van der Waals surface area contributed by atoms with E-state index in [4.69, 9.17) is 37.9 Å². The van der Waals surface area contributed by atoms with Crippen molar-refractivity contribution in [2.45, 2.75) is 224 Å². The second-order valence-corrected chi connectivity index (χ2v) is 40.8. The van der Waals surface area contributed by atoms with Gasteiger partial charge in [-0.15, -0.1) is 0 Å². The van der Waals surface area contributed by atoms with Crippen LogP contribution in [0.2, 0.25) is 0 Å². The Balaban J connectivity index is 0.000000157. The van der Waals surface area contributed by atoms with Gasteiger partial charge in [0.15, 0.2) is 32.8 Å². The van der Waals surface area contributed by atoms with Gasteiger partial charge in [-0.05, 0) is 318 Å². The minimum absolute atomic E-state index is 0.0921. The van der Waals surface area contributed by atoms with Crippen molar-refractivity contribution in [3.8, 4) is 23.0 Å². The number of carbonyl (C=O) groups is 4. The van der Waals surface area contributed by atoms with Gasteiger partial charge in [-0.2, -0.15) is 26.3 Å². The number of hydrogen-bond acceptors (Lipinski definition) is 12. The number of para-hydroxylation sites is 4. The summed E-state index contributed by atoms with van der Waals surface area (Å²) in [7, 11) is -1.25. The SMILES string of the molecule is CC1C2CC3CC(C2)CC1(CC(=O)OCOc1ccccc1[S+](c1ccccc1)c1ccccc1OCOC(=O)CC12CC4CC(CC(C4)C1C)C2)C3.CC1C2CC3CC(C2)CC1(CC(=O)OCOc1ccccc1[S+](c1ccccc1)c1ccccc1OCOC(=O)CC12CC4CC(CC(C4)C1C)C2)C3.FC(F)(F)C(F)(F)F. The predicted octanol–water partition coefficient (Wildman–Crippen LogP) is 22.6. The topological polar surface area (TPSA) is 142 Å². The first-order valence-electron chi connectivity index (χ1n) is 42.0. The molecular formula is C94H110F6O12S2+2. The van der Waals surface area contributed by atoms with Crippen LogP contribution >= 0.6 is 0 Å². The summed E-state index contributed by atoms with van der Waals surface area (Å²) in [6, 6.07) is 52.7. The van der Waals surface area contributed by atoms with Crippen molar-refractivity contribution in [1.29, 1.82) is 0 Å². The lowest BCUT2D eigenvalue weighted by molar-refractivity contribution is -0.339. The molecule has 12 atom stereocenters. The van der Waals surface area contributed by atoms with Crippen molar-refractivity contribution in [3.05, 3.63) is 158 Å². The van der Waals surface area contributed by atoms with Gasteiger partial charge < -0.3 is 37.9 Å². The smallest absolute Gasteiger partial charge is 0.452 e. The van der Waals surface area contributed by atoms with E-state index in [0.717, 1.165) is 100 Å². The first kappa shape index (κ1) is 80.5. The van der Waals surface area contributed by atoms with Gasteiger partial charge in [0, 0.05) is 0 Å². The van der Waals surface area contributed by atoms with Crippen molar-refractivity contribution in [1.82, 2.24) is 0 Å². The monoisotopic (exact) mass is 1610 g/mol. The van der Waals surface area contributed by atoms with Crippen LogP contribution in [0.4, 0.5) is 26.3 Å². The summed E-state index contributed by atoms with van der Waals surface area (Å²) < 4.78 is 111. The van der Waals surface area contributed by atoms with Gasteiger partial charge in [-0.25, -0.2) is 0 Å². The van der Waals surface area contributed by atoms with Crippen molar-refractivity contribution >= 4 is 45.7 Å². The van der Waals surface area contributed by atoms with Gasteiger partial charge in [0.05, 0.1) is 25.7 Å². The number of hydrogen-bond donors (Lipinski definition) is 0. The number of rotatable bonds is 26. The lowest BCUT2D eigenvalue weighted by Crippen LogP contribution is -2.52. The van der Waals surface area contributed by atoms with E-state index >= 15 is 0 Å². The first-order valence-corrected chi connectivity index (χ1v) is 44.5. The molecule has 0 saturated heterocycles. The molecule has 0 radical (unpaired) electrons. The molecule has 610 valence electrons. The first-order chi connectivity index (χ1) is 54.8. The molecule has 0 aliphatic heterocycles. The van der Waals surface area contributed by atoms with Gasteiger partial charge in [0.25, 0.3) is 0 Å². The van der Waals surface area contributed by atoms with Gasteiger partial charge >= 0.3 is 36.2 Å². The maximum atomic E-state index is 13.4. The molecule has 6 aromatic carbocycles. The van der Waals surface area contributed by atoms with Crippen molar-refractivity contribution in [2.24, 2.45) is 116 Å². The van der Waals surface area contributed by atoms with Crippen molar-refractivity contribution in [2.75, 3.05) is 27.2 Å². The fourth-order valence-corrected chi connectivity index (χ4v) is 30.4. The van der Waals surface area contributed by atoms with Gasteiger partial charge in [-0.1, -0.05) is 113 Å². The van der Waals surface area contributed by atoms with Crippen LogP contribution in [0.3, 0.4) is 0 Å². The molecule has 12 unspecified atom stereocenters. The number of ether oxygens (including phenoxy) is 8. The Labute approximate surface area is 673 Å². The highest BCUT2D eigenvalue weighted by molar-refractivity contribution is 7.97. The molecule has 16 bridgehead atoms. The Morgan fingerprint density at radius 3 is 0.693 bits per heavy atom. The van der Waals surface area contributed by atoms with E-state index in [0.29, 0.717) is 72.4 Å². The molecule has 16 aliphatic carbocycles. The van der Waals surface area contributed by atoms with Crippen LogP contribution in [0.15, 0.2) is 187 Å². The standard InChI is InChI=1S/2C46H55O6S.C2F6/c2*1-30-36-18-32-16-33(19-36)23-45(30,22-32)26-43(47)51-28-49-39-12-6-8-14-41(39)53(38-10-4-3-5-11-38)42-15-9-7-13-40(42)50-29-52-44(48)27-46-24-34-17-35(25-46)21-37(20-34)31(46)2;3-1(4,5)2(6,7)8/h2*3-15,30-37H,16-29H2,1-2H3;/q2*+1;. The van der Waals surface area contributed by atoms with Crippen LogP contribution in [0, 0.1) is 116 Å². The van der Waals surface area contributed by atoms with Crippen LogP contribution < -0.4 is 18.9 Å². The highest BCUT2D eigenvalue weighted by atomic mass is 32.2. The van der Waals surface area contributed by atoms with Gasteiger partial charge in [0.2, 0.25) is 46.8 Å². The lowest BCUT2D eigenvalue weighted by atomic mass is 9.45. The summed E-state index contributed by atoms with van der Waals surface area (Å²) in [6.07, 6.45) is 15.4. The van der Waals surface area contributed by atoms with E-state index in [2.05, 4.69) is 76.2 Å². The second kappa shape index (κ2) is 33.2. The maximum absolute atomic E-state index is 13.4. The average Bonchev–Trinajstić information content (AvgIpc) is 0.744. The van der Waals surface area contributed by atoms with Crippen molar-refractivity contribution in [3.63, 3.8) is 0 Å². The number of alkyl halides is 6. The van der Waals surface area contributed by atoms with Crippen molar-refractivity contribution < 1.29 is 83.4 Å². The number of benzene rings is 6. The van der Waals surface area contributed by atoms with E-state index in [9.17, 15) is 45.5 Å². The molecule has 114 heavy (non-hydrogen) atoms. The molecule has 0 amide bonds. The molecule has 20 heteroatoms. The molecular weight excluding hydrogens is 1500 g/mol. The van der Waals surface area contributed by atoms with Crippen LogP contribution in [0.1, 0.15) is 182 Å². The van der Waals surface area contributed by atoms with E-state index in [1.165, 1.54) is 128 Å². The molecule has 6 aromatic rings. The summed E-state index contributed by atoms with van der Waals surface area (Å²) >= 11 is 0. The normalized spacial score (nSPS) is 33.7. The van der Waals surface area contributed by atoms with Crippen LogP contribution in [-0.4, -0.2) is 63.4 Å². The largest absolute Gasteiger partial charge is 0.487 e. The van der Waals surface area contributed by atoms with E-state index in [1.807, 2.05) is 109 Å². The van der Waals surface area contributed by atoms with E-state index in [-0.39, 0.29) is 72.7 Å². The zero-order valence-electron chi connectivity index (χ0n) is 66.0. The zero-order valence-corrected chi connectivity index (χ0v) is 67.7. The summed E-state index contributed by atoms with van der Waals surface area (Å²) in [5, 5.41) is 0. The quantitative estimate of drug-likeness (QED) is 0.0168. The Morgan fingerprint density at radius 2 is 0.491 bits per heavy atom. The summed E-state index contributed by atoms with van der Waals surface area (Å²) in [5.41, 5.74) is 0.368. The van der Waals surface area contributed by atoms with Crippen LogP contribution in [-0.2, 0) is 59.9 Å². The second-order valence-electron chi connectivity index (χ2n) is 36.9. The highest BCUT2D eigenvalue weighted by Gasteiger charge is 2.61. The molecule has 0 aromatic heterocycles.